The molecular formula is C11H20N6O2. The molecule has 1 aromatic rings. The van der Waals surface area contributed by atoms with Gasteiger partial charge in [0.25, 0.3) is 0 Å². The number of aromatic nitrogens is 2. The van der Waals surface area contributed by atoms with Crippen LogP contribution >= 0.6 is 0 Å². The van der Waals surface area contributed by atoms with Crippen LogP contribution in [0, 0.1) is 23.0 Å². The molecule has 0 bridgehead atoms. The van der Waals surface area contributed by atoms with Gasteiger partial charge in [0, 0.05) is 13.1 Å². The smallest absolute Gasteiger partial charge is 0.332 e. The van der Waals surface area contributed by atoms with Gasteiger partial charge in [-0.3, -0.25) is 15.5 Å². The van der Waals surface area contributed by atoms with Crippen molar-refractivity contribution in [2.45, 2.75) is 33.7 Å². The number of anilines is 2. The topological polar surface area (TPSA) is 110 Å². The SMILES string of the molecule is Cc1nc(NN)nc(N(C)C(C)C(C)C)c1[N+](=O)[O-]. The van der Waals surface area contributed by atoms with Crippen molar-refractivity contribution < 1.29 is 4.92 Å². The van der Waals surface area contributed by atoms with Gasteiger partial charge >= 0.3 is 5.69 Å². The van der Waals surface area contributed by atoms with Crippen LogP contribution in [0.3, 0.4) is 0 Å². The molecule has 19 heavy (non-hydrogen) atoms. The Bertz CT molecular complexity index is 476. The zero-order valence-corrected chi connectivity index (χ0v) is 11.8. The molecule has 0 aliphatic heterocycles. The van der Waals surface area contributed by atoms with E-state index in [1.54, 1.807) is 18.9 Å². The Morgan fingerprint density at radius 2 is 1.95 bits per heavy atom. The molecule has 0 spiro atoms. The molecule has 0 saturated heterocycles. The van der Waals surface area contributed by atoms with Gasteiger partial charge in [0.1, 0.15) is 5.69 Å². The van der Waals surface area contributed by atoms with Crippen molar-refractivity contribution in [1.82, 2.24) is 9.97 Å². The van der Waals surface area contributed by atoms with Crippen LogP contribution in [0.15, 0.2) is 0 Å². The molecule has 0 amide bonds. The van der Waals surface area contributed by atoms with E-state index in [4.69, 9.17) is 5.84 Å². The molecule has 106 valence electrons. The first-order chi connectivity index (χ1) is 8.79. The summed E-state index contributed by atoms with van der Waals surface area (Å²) in [6, 6.07) is 0.0959. The summed E-state index contributed by atoms with van der Waals surface area (Å²) in [6.07, 6.45) is 0. The van der Waals surface area contributed by atoms with Gasteiger partial charge in [-0.05, 0) is 19.8 Å². The first kappa shape index (κ1) is 15.1. The summed E-state index contributed by atoms with van der Waals surface area (Å²) < 4.78 is 0. The van der Waals surface area contributed by atoms with E-state index in [0.29, 0.717) is 5.92 Å². The van der Waals surface area contributed by atoms with Gasteiger partial charge in [0.05, 0.1) is 4.92 Å². The maximum absolute atomic E-state index is 11.2. The Morgan fingerprint density at radius 1 is 1.37 bits per heavy atom. The third kappa shape index (κ3) is 3.08. The lowest BCUT2D eigenvalue weighted by atomic mass is 10.1. The van der Waals surface area contributed by atoms with Crippen molar-refractivity contribution in [3.8, 4) is 0 Å². The molecule has 0 fully saturated rings. The maximum atomic E-state index is 11.2. The number of hydrazine groups is 1. The molecule has 1 rings (SSSR count). The molecule has 1 atom stereocenters. The second-order valence-corrected chi connectivity index (χ2v) is 4.80. The number of rotatable bonds is 5. The van der Waals surface area contributed by atoms with Gasteiger partial charge in [-0.1, -0.05) is 13.8 Å². The standard InChI is InChI=1S/C11H20N6O2/c1-6(2)8(4)16(5)10-9(17(18)19)7(3)13-11(14-10)15-12/h6,8H,12H2,1-5H3,(H,13,14,15). The van der Waals surface area contributed by atoms with Crippen molar-refractivity contribution in [3.63, 3.8) is 0 Å². The zero-order valence-electron chi connectivity index (χ0n) is 11.8. The molecule has 1 unspecified atom stereocenters. The van der Waals surface area contributed by atoms with E-state index in [-0.39, 0.29) is 29.2 Å². The average Bonchev–Trinajstić information content (AvgIpc) is 2.35. The number of nitro groups is 1. The average molecular weight is 268 g/mol. The van der Waals surface area contributed by atoms with Gasteiger partial charge in [-0.25, -0.2) is 10.8 Å². The number of hydrogen-bond acceptors (Lipinski definition) is 7. The molecule has 0 radical (unpaired) electrons. The fourth-order valence-corrected chi connectivity index (χ4v) is 1.72. The Hall–Kier alpha value is -1.96. The molecule has 1 aromatic heterocycles. The van der Waals surface area contributed by atoms with Crippen LogP contribution in [-0.4, -0.2) is 28.0 Å². The molecular weight excluding hydrogens is 248 g/mol. The normalized spacial score (nSPS) is 12.4. The van der Waals surface area contributed by atoms with E-state index in [1.807, 2.05) is 20.8 Å². The number of nitrogens with one attached hydrogen (secondary N) is 1. The van der Waals surface area contributed by atoms with Crippen molar-refractivity contribution in [3.05, 3.63) is 15.8 Å². The van der Waals surface area contributed by atoms with Crippen molar-refractivity contribution >= 4 is 17.5 Å². The summed E-state index contributed by atoms with van der Waals surface area (Å²) in [5.74, 6) is 6.05. The molecule has 8 heteroatoms. The highest BCUT2D eigenvalue weighted by molar-refractivity contribution is 5.62. The van der Waals surface area contributed by atoms with E-state index >= 15 is 0 Å². The van der Waals surface area contributed by atoms with Crippen LogP contribution in [0.5, 0.6) is 0 Å². The van der Waals surface area contributed by atoms with Gasteiger partial charge in [-0.2, -0.15) is 4.98 Å². The van der Waals surface area contributed by atoms with Crippen molar-refractivity contribution in [2.75, 3.05) is 17.4 Å². The van der Waals surface area contributed by atoms with Crippen LogP contribution < -0.4 is 16.2 Å². The Morgan fingerprint density at radius 3 is 2.37 bits per heavy atom. The van der Waals surface area contributed by atoms with Crippen LogP contribution in [0.25, 0.3) is 0 Å². The monoisotopic (exact) mass is 268 g/mol. The van der Waals surface area contributed by atoms with Gasteiger partial charge in [0.2, 0.25) is 11.8 Å². The highest BCUT2D eigenvalue weighted by atomic mass is 16.6. The quantitative estimate of drug-likeness (QED) is 0.472. The van der Waals surface area contributed by atoms with Gasteiger partial charge in [-0.15, -0.1) is 0 Å². The number of nitrogens with zero attached hydrogens (tertiary/aromatic N) is 4. The minimum atomic E-state index is -0.464. The van der Waals surface area contributed by atoms with Crippen LogP contribution in [0.4, 0.5) is 17.5 Å². The van der Waals surface area contributed by atoms with E-state index in [9.17, 15) is 10.1 Å². The number of nitrogens with two attached hydrogens (primary N) is 1. The van der Waals surface area contributed by atoms with Crippen LogP contribution in [-0.2, 0) is 0 Å². The largest absolute Gasteiger partial charge is 0.351 e. The fraction of sp³-hybridized carbons (Fsp3) is 0.636. The molecule has 8 nitrogen and oxygen atoms in total. The summed E-state index contributed by atoms with van der Waals surface area (Å²) in [7, 11) is 1.78. The van der Waals surface area contributed by atoms with E-state index in [1.165, 1.54) is 0 Å². The van der Waals surface area contributed by atoms with E-state index < -0.39 is 4.92 Å². The highest BCUT2D eigenvalue weighted by Crippen LogP contribution is 2.31. The van der Waals surface area contributed by atoms with Gasteiger partial charge < -0.3 is 4.90 Å². The van der Waals surface area contributed by atoms with E-state index in [0.717, 1.165) is 0 Å². The Kier molecular flexibility index (Phi) is 4.60. The lowest BCUT2D eigenvalue weighted by molar-refractivity contribution is -0.385. The fourth-order valence-electron chi connectivity index (χ4n) is 1.72. The second kappa shape index (κ2) is 5.79. The lowest BCUT2D eigenvalue weighted by Crippen LogP contribution is -2.34. The third-order valence-corrected chi connectivity index (χ3v) is 3.26. The number of aryl methyl sites for hydroxylation is 1. The summed E-state index contributed by atoms with van der Waals surface area (Å²) in [6.45, 7) is 7.64. The predicted molar refractivity (Wildman–Crippen MR) is 73.9 cm³/mol. The summed E-state index contributed by atoms with van der Waals surface area (Å²) in [5.41, 5.74) is 2.52. The predicted octanol–water partition coefficient (Wildman–Crippen LogP) is 1.46. The minimum absolute atomic E-state index is 0.0889. The van der Waals surface area contributed by atoms with Crippen LogP contribution in [0.2, 0.25) is 0 Å². The van der Waals surface area contributed by atoms with Crippen LogP contribution in [0.1, 0.15) is 26.5 Å². The summed E-state index contributed by atoms with van der Waals surface area (Å²) in [5, 5.41) is 11.2. The lowest BCUT2D eigenvalue weighted by Gasteiger charge is -2.28. The van der Waals surface area contributed by atoms with E-state index in [2.05, 4.69) is 15.4 Å². The molecule has 1 heterocycles. The third-order valence-electron chi connectivity index (χ3n) is 3.26. The molecule has 0 aliphatic carbocycles. The van der Waals surface area contributed by atoms with Gasteiger partial charge in [0.15, 0.2) is 0 Å². The summed E-state index contributed by atoms with van der Waals surface area (Å²) >= 11 is 0. The second-order valence-electron chi connectivity index (χ2n) is 4.80. The number of hydrogen-bond donors (Lipinski definition) is 2. The molecule has 0 saturated carbocycles. The van der Waals surface area contributed by atoms with Crippen molar-refractivity contribution in [2.24, 2.45) is 11.8 Å². The number of nitrogen functional groups attached to an aromatic ring is 1. The zero-order chi connectivity index (χ0) is 14.7. The first-order valence-electron chi connectivity index (χ1n) is 6.02. The summed E-state index contributed by atoms with van der Waals surface area (Å²) in [4.78, 5) is 20.6. The Balaban J connectivity index is 3.38. The maximum Gasteiger partial charge on any atom is 0.332 e. The Labute approximate surface area is 112 Å². The van der Waals surface area contributed by atoms with Crippen molar-refractivity contribution in [1.29, 1.82) is 0 Å². The minimum Gasteiger partial charge on any atom is -0.351 e. The molecule has 3 N–H and O–H groups in total. The highest BCUT2D eigenvalue weighted by Gasteiger charge is 2.27. The first-order valence-corrected chi connectivity index (χ1v) is 6.02. The molecule has 0 aliphatic rings. The molecule has 0 aromatic carbocycles.